The van der Waals surface area contributed by atoms with Crippen molar-refractivity contribution >= 4 is 21.5 Å². The number of carbonyl (C=O) groups excluding carboxylic acids is 1. The highest BCUT2D eigenvalue weighted by atomic mass is 32.2. The van der Waals surface area contributed by atoms with Gasteiger partial charge in [0.05, 0.1) is 0 Å². The lowest BCUT2D eigenvalue weighted by atomic mass is 10.3. The van der Waals surface area contributed by atoms with Crippen LogP contribution in [0.25, 0.3) is 0 Å². The topological polar surface area (TPSA) is 46.2 Å². The van der Waals surface area contributed by atoms with Crippen molar-refractivity contribution in [2.45, 2.75) is 19.8 Å². The van der Waals surface area contributed by atoms with Crippen LogP contribution in [0.2, 0.25) is 0 Å². The molecule has 0 aliphatic heterocycles. The van der Waals surface area contributed by atoms with Crippen molar-refractivity contribution in [3.05, 3.63) is 0 Å². The predicted octanol–water partition coefficient (Wildman–Crippen LogP) is 0.164. The summed E-state index contributed by atoms with van der Waals surface area (Å²) < 4.78 is 13.1. The number of nitrogens with one attached hydrogen (secondary N) is 1. The van der Waals surface area contributed by atoms with E-state index in [1.807, 2.05) is 6.92 Å². The highest BCUT2D eigenvalue weighted by Gasteiger charge is 2.00. The summed E-state index contributed by atoms with van der Waals surface area (Å²) in [5.41, 5.74) is 0. The van der Waals surface area contributed by atoms with Gasteiger partial charge in [0, 0.05) is 22.4 Å². The first-order chi connectivity index (χ1) is 4.45. The Morgan fingerprint density at radius 1 is 1.70 bits per heavy atom. The molecule has 1 atom stereocenters. The summed E-state index contributed by atoms with van der Waals surface area (Å²) in [6, 6.07) is 0. The fourth-order valence-electron chi connectivity index (χ4n) is 0.519. The average Bonchev–Trinajstić information content (AvgIpc) is 1.59. The van der Waals surface area contributed by atoms with Gasteiger partial charge in [-0.3, -0.25) is 9.52 Å². The lowest BCUT2D eigenvalue weighted by Gasteiger charge is -2.03. The Balaban J connectivity index is 3.82. The molecular formula is C6H13NO2S. The molecule has 0 rings (SSSR count). The molecule has 0 aliphatic carbocycles. The second-order valence-electron chi connectivity index (χ2n) is 2.28. The number of hydrogen-bond acceptors (Lipinski definition) is 2. The van der Waals surface area contributed by atoms with E-state index in [-0.39, 0.29) is 5.91 Å². The van der Waals surface area contributed by atoms with E-state index in [2.05, 4.69) is 10.6 Å². The lowest BCUT2D eigenvalue weighted by Crippen LogP contribution is -2.28. The summed E-state index contributed by atoms with van der Waals surface area (Å²) in [7, 11) is -2.35. The van der Waals surface area contributed by atoms with Crippen molar-refractivity contribution in [1.82, 2.24) is 4.72 Å². The summed E-state index contributed by atoms with van der Waals surface area (Å²) in [5, 5.41) is 0. The number of amides is 1. The number of hydrogen-bond donors (Lipinski definition) is 1. The highest BCUT2D eigenvalue weighted by molar-refractivity contribution is 7.98. The van der Waals surface area contributed by atoms with Crippen LogP contribution in [-0.4, -0.2) is 22.2 Å². The van der Waals surface area contributed by atoms with E-state index in [1.54, 1.807) is 0 Å². The van der Waals surface area contributed by atoms with E-state index in [1.165, 1.54) is 6.26 Å². The average molecular weight is 163 g/mol. The van der Waals surface area contributed by atoms with Gasteiger partial charge in [-0.05, 0) is 12.3 Å². The van der Waals surface area contributed by atoms with Crippen LogP contribution in [0.5, 0.6) is 0 Å². The van der Waals surface area contributed by atoms with Gasteiger partial charge in [-0.25, -0.2) is 4.21 Å². The molecule has 3 nitrogen and oxygen atoms in total. The van der Waals surface area contributed by atoms with Crippen LogP contribution in [-0.2, 0) is 14.5 Å². The van der Waals surface area contributed by atoms with Crippen LogP contribution in [0.4, 0.5) is 0 Å². The first kappa shape index (κ1) is 9.49. The predicted molar refractivity (Wildman–Crippen MR) is 44.2 cm³/mol. The monoisotopic (exact) mass is 163 g/mol. The molecule has 0 heterocycles. The van der Waals surface area contributed by atoms with Crippen LogP contribution in [0.3, 0.4) is 0 Å². The molecule has 1 N–H and O–H groups in total. The van der Waals surface area contributed by atoms with E-state index >= 15 is 0 Å². The third-order valence-electron chi connectivity index (χ3n) is 0.807. The smallest absolute Gasteiger partial charge is 0.231 e. The van der Waals surface area contributed by atoms with Gasteiger partial charge in [0.25, 0.3) is 0 Å². The molecule has 1 unspecified atom stereocenters. The number of carbonyl (C=O) groups is 1. The van der Waals surface area contributed by atoms with Gasteiger partial charge in [0.2, 0.25) is 5.91 Å². The molecular weight excluding hydrogens is 150 g/mol. The standard InChI is InChI=1S/C6H13NO2S/c1-4-5-6(8)7-10(2,3)9/h2,4-5H2,1,3H3,(H,7,8,9). The molecule has 0 aromatic rings. The minimum Gasteiger partial charge on any atom is -0.283 e. The van der Waals surface area contributed by atoms with Gasteiger partial charge in [-0.1, -0.05) is 6.92 Å². The molecule has 0 saturated carbocycles. The molecule has 60 valence electrons. The van der Waals surface area contributed by atoms with Gasteiger partial charge in [-0.2, -0.15) is 0 Å². The molecule has 0 aromatic heterocycles. The molecule has 0 aromatic carbocycles. The zero-order chi connectivity index (χ0) is 8.20. The van der Waals surface area contributed by atoms with Gasteiger partial charge < -0.3 is 0 Å². The fourth-order valence-corrected chi connectivity index (χ4v) is 1.10. The highest BCUT2D eigenvalue weighted by Crippen LogP contribution is 1.86. The Kier molecular flexibility index (Phi) is 3.42. The van der Waals surface area contributed by atoms with E-state index in [0.29, 0.717) is 6.42 Å². The van der Waals surface area contributed by atoms with Crippen LogP contribution in [0.15, 0.2) is 0 Å². The molecule has 0 bridgehead atoms. The van der Waals surface area contributed by atoms with Crippen LogP contribution < -0.4 is 4.72 Å². The molecule has 1 amide bonds. The quantitative estimate of drug-likeness (QED) is 0.603. The zero-order valence-corrected chi connectivity index (χ0v) is 7.16. The third kappa shape index (κ3) is 5.62. The Labute approximate surface area is 62.0 Å². The fraction of sp³-hybridized carbons (Fsp3) is 0.667. The van der Waals surface area contributed by atoms with Crippen LogP contribution in [0.1, 0.15) is 19.8 Å². The molecule has 0 fully saturated rings. The van der Waals surface area contributed by atoms with E-state index in [9.17, 15) is 9.00 Å². The van der Waals surface area contributed by atoms with Crippen molar-refractivity contribution in [2.75, 3.05) is 6.26 Å². The molecule has 4 heteroatoms. The maximum absolute atomic E-state index is 10.8. The minimum absolute atomic E-state index is 0.190. The van der Waals surface area contributed by atoms with Gasteiger partial charge in [-0.15, -0.1) is 0 Å². The van der Waals surface area contributed by atoms with E-state index < -0.39 is 9.71 Å². The maximum atomic E-state index is 10.8. The second-order valence-corrected chi connectivity index (χ2v) is 4.49. The van der Waals surface area contributed by atoms with E-state index in [4.69, 9.17) is 0 Å². The second kappa shape index (κ2) is 3.61. The van der Waals surface area contributed by atoms with Crippen LogP contribution in [0, 0.1) is 0 Å². The molecule has 0 spiro atoms. The summed E-state index contributed by atoms with van der Waals surface area (Å²) in [6.45, 7) is 1.89. The summed E-state index contributed by atoms with van der Waals surface area (Å²) in [5.74, 6) is 3.10. The normalized spacial score (nSPS) is 15.8. The molecule has 10 heavy (non-hydrogen) atoms. The van der Waals surface area contributed by atoms with Crippen molar-refractivity contribution < 1.29 is 9.00 Å². The Bertz CT molecular complexity index is 206. The molecule has 0 saturated heterocycles. The Morgan fingerprint density at radius 3 is 2.50 bits per heavy atom. The zero-order valence-electron chi connectivity index (χ0n) is 6.35. The lowest BCUT2D eigenvalue weighted by molar-refractivity contribution is -0.119. The Hall–Kier alpha value is -0.510. The van der Waals surface area contributed by atoms with Gasteiger partial charge in [0.1, 0.15) is 0 Å². The first-order valence-corrected chi connectivity index (χ1v) is 5.22. The van der Waals surface area contributed by atoms with E-state index in [0.717, 1.165) is 6.42 Å². The largest absolute Gasteiger partial charge is 0.283 e. The third-order valence-corrected chi connectivity index (χ3v) is 1.47. The van der Waals surface area contributed by atoms with Gasteiger partial charge in [0.15, 0.2) is 0 Å². The maximum Gasteiger partial charge on any atom is 0.231 e. The van der Waals surface area contributed by atoms with Gasteiger partial charge >= 0.3 is 0 Å². The Morgan fingerprint density at radius 2 is 2.20 bits per heavy atom. The summed E-state index contributed by atoms with van der Waals surface area (Å²) in [6.07, 6.45) is 2.59. The van der Waals surface area contributed by atoms with Crippen molar-refractivity contribution in [3.8, 4) is 0 Å². The van der Waals surface area contributed by atoms with Crippen molar-refractivity contribution in [3.63, 3.8) is 0 Å². The first-order valence-electron chi connectivity index (χ1n) is 3.08. The summed E-state index contributed by atoms with van der Waals surface area (Å²) in [4.78, 5) is 10.7. The minimum atomic E-state index is -2.35. The molecule has 0 aliphatic rings. The van der Waals surface area contributed by atoms with Crippen molar-refractivity contribution in [2.24, 2.45) is 0 Å². The SMILES string of the molecule is C=S(C)(=O)NC(=O)CCC. The van der Waals surface area contributed by atoms with Crippen molar-refractivity contribution in [1.29, 1.82) is 0 Å². The summed E-state index contributed by atoms with van der Waals surface area (Å²) >= 11 is 0. The molecule has 0 radical (unpaired) electrons. The number of rotatable bonds is 3. The van der Waals surface area contributed by atoms with Crippen LogP contribution >= 0.6 is 0 Å².